The molecule has 0 saturated heterocycles. The number of hydrogen-bond donors (Lipinski definition) is 2. The highest BCUT2D eigenvalue weighted by molar-refractivity contribution is 5.74. The Labute approximate surface area is 284 Å². The Hall–Kier alpha value is -4.72. The molecule has 48 heavy (non-hydrogen) atoms. The molecule has 6 aromatic rings. The van der Waals surface area contributed by atoms with Crippen molar-refractivity contribution in [2.45, 2.75) is 105 Å². The van der Waals surface area contributed by atoms with Crippen molar-refractivity contribution < 1.29 is 10.2 Å². The van der Waals surface area contributed by atoms with E-state index < -0.39 is 0 Å². The molecule has 0 fully saturated rings. The van der Waals surface area contributed by atoms with Crippen LogP contribution in [-0.4, -0.2) is 40.2 Å². The number of rotatable bonds is 2. The van der Waals surface area contributed by atoms with E-state index in [1.807, 2.05) is 60.7 Å². The number of hydrogen-bond acceptors (Lipinski definition) is 6. The van der Waals surface area contributed by atoms with E-state index in [1.54, 1.807) is 9.59 Å². The van der Waals surface area contributed by atoms with Crippen LogP contribution in [0.3, 0.4) is 0 Å². The number of aromatic hydroxyl groups is 2. The third kappa shape index (κ3) is 7.08. The molecule has 0 saturated carbocycles. The van der Waals surface area contributed by atoms with Crippen molar-refractivity contribution in [1.82, 2.24) is 30.0 Å². The summed E-state index contributed by atoms with van der Waals surface area (Å²) in [6.45, 7) is 25.6. The largest absolute Gasteiger partial charge is 0.505 e. The van der Waals surface area contributed by atoms with Gasteiger partial charge < -0.3 is 10.2 Å². The number of phenolic OH excluding ortho intramolecular Hbond substituents is 2. The van der Waals surface area contributed by atoms with Crippen molar-refractivity contribution in [3.05, 3.63) is 95.1 Å². The number of nitrogens with zero attached hydrogens (tertiary/aromatic N) is 6. The first-order valence-corrected chi connectivity index (χ1v) is 16.6. The van der Waals surface area contributed by atoms with Crippen LogP contribution in [0.5, 0.6) is 11.5 Å². The van der Waals surface area contributed by atoms with E-state index in [0.717, 1.165) is 44.3 Å². The van der Waals surface area contributed by atoms with Crippen LogP contribution in [0.25, 0.3) is 33.4 Å². The highest BCUT2D eigenvalue weighted by atomic mass is 16.3. The molecule has 252 valence electrons. The van der Waals surface area contributed by atoms with Gasteiger partial charge in [0.25, 0.3) is 0 Å². The Morgan fingerprint density at radius 3 is 0.917 bits per heavy atom. The fourth-order valence-corrected chi connectivity index (χ4v) is 5.49. The summed E-state index contributed by atoms with van der Waals surface area (Å²) in [7, 11) is 0. The first-order chi connectivity index (χ1) is 22.1. The van der Waals surface area contributed by atoms with Gasteiger partial charge in [0.1, 0.15) is 44.9 Å². The average molecular weight is 647 g/mol. The minimum absolute atomic E-state index is 0.0327. The van der Waals surface area contributed by atoms with Crippen molar-refractivity contribution >= 4 is 22.1 Å². The zero-order valence-electron chi connectivity index (χ0n) is 30.5. The second-order valence-electron chi connectivity index (χ2n) is 16.7. The summed E-state index contributed by atoms with van der Waals surface area (Å²) in [5.41, 5.74) is 8.23. The molecule has 0 aliphatic carbocycles. The molecule has 4 aromatic carbocycles. The van der Waals surface area contributed by atoms with Gasteiger partial charge in [-0.15, -0.1) is 30.0 Å². The molecular weight excluding hydrogens is 596 g/mol. The first kappa shape index (κ1) is 34.6. The van der Waals surface area contributed by atoms with Crippen molar-refractivity contribution in [3.8, 4) is 22.9 Å². The number of aromatic nitrogens is 6. The van der Waals surface area contributed by atoms with Gasteiger partial charge in [-0.25, -0.2) is 0 Å². The van der Waals surface area contributed by atoms with Crippen LogP contribution in [-0.2, 0) is 21.7 Å². The molecule has 8 nitrogen and oxygen atoms in total. The minimum atomic E-state index is -0.174. The molecule has 2 N–H and O–H groups in total. The Morgan fingerprint density at radius 1 is 0.417 bits per heavy atom. The summed E-state index contributed by atoms with van der Waals surface area (Å²) in [6.07, 6.45) is 0. The summed E-state index contributed by atoms with van der Waals surface area (Å²) in [5, 5.41) is 39.9. The molecule has 0 aliphatic rings. The normalized spacial score (nSPS) is 12.8. The maximum atomic E-state index is 10.9. The lowest BCUT2D eigenvalue weighted by molar-refractivity contribution is 0.437. The predicted molar refractivity (Wildman–Crippen MR) is 196 cm³/mol. The van der Waals surface area contributed by atoms with Gasteiger partial charge in [0, 0.05) is 11.1 Å². The van der Waals surface area contributed by atoms with Crippen LogP contribution in [0.1, 0.15) is 105 Å². The van der Waals surface area contributed by atoms with Gasteiger partial charge >= 0.3 is 0 Å². The molecule has 6 rings (SSSR count). The summed E-state index contributed by atoms with van der Waals surface area (Å²) in [4.78, 5) is 3.09. The summed E-state index contributed by atoms with van der Waals surface area (Å²) in [6, 6.07) is 23.6. The van der Waals surface area contributed by atoms with Gasteiger partial charge in [-0.3, -0.25) is 0 Å². The molecule has 8 heteroatoms. The van der Waals surface area contributed by atoms with E-state index in [-0.39, 0.29) is 33.2 Å². The van der Waals surface area contributed by atoms with Crippen LogP contribution in [0.4, 0.5) is 0 Å². The van der Waals surface area contributed by atoms with Crippen LogP contribution in [0.2, 0.25) is 0 Å². The maximum Gasteiger partial charge on any atom is 0.146 e. The Kier molecular flexibility index (Phi) is 8.70. The first-order valence-electron chi connectivity index (χ1n) is 16.6. The van der Waals surface area contributed by atoms with Crippen molar-refractivity contribution in [1.29, 1.82) is 0 Å². The second-order valence-corrected chi connectivity index (χ2v) is 16.7. The minimum Gasteiger partial charge on any atom is -0.505 e. The zero-order valence-corrected chi connectivity index (χ0v) is 30.5. The van der Waals surface area contributed by atoms with Crippen molar-refractivity contribution in [2.75, 3.05) is 0 Å². The topological polar surface area (TPSA) is 102 Å². The fourth-order valence-electron chi connectivity index (χ4n) is 5.49. The quantitative estimate of drug-likeness (QED) is 0.194. The highest BCUT2D eigenvalue weighted by Gasteiger charge is 2.28. The molecule has 2 heterocycles. The van der Waals surface area contributed by atoms with Crippen LogP contribution >= 0.6 is 0 Å². The smallest absolute Gasteiger partial charge is 0.146 e. The number of benzene rings is 4. The molecule has 0 spiro atoms. The molecule has 2 aromatic heterocycles. The molecule has 0 atom stereocenters. The van der Waals surface area contributed by atoms with Crippen LogP contribution in [0.15, 0.2) is 72.8 Å². The molecular formula is C40H50N6O2. The third-order valence-electron chi connectivity index (χ3n) is 8.53. The zero-order chi connectivity index (χ0) is 35.4. The second kappa shape index (κ2) is 12.1. The van der Waals surface area contributed by atoms with Crippen molar-refractivity contribution in [2.24, 2.45) is 0 Å². The lowest BCUT2D eigenvalue weighted by Crippen LogP contribution is -2.18. The highest BCUT2D eigenvalue weighted by Crippen LogP contribution is 2.40. The monoisotopic (exact) mass is 646 g/mol. The van der Waals surface area contributed by atoms with Gasteiger partial charge in [-0.1, -0.05) is 119 Å². The van der Waals surface area contributed by atoms with Gasteiger partial charge in [-0.2, -0.15) is 0 Å². The van der Waals surface area contributed by atoms with Gasteiger partial charge in [-0.05, 0) is 69.2 Å². The third-order valence-corrected chi connectivity index (χ3v) is 8.53. The van der Waals surface area contributed by atoms with E-state index in [4.69, 9.17) is 0 Å². The lowest BCUT2D eigenvalue weighted by Gasteiger charge is -2.27. The lowest BCUT2D eigenvalue weighted by atomic mass is 9.80. The van der Waals surface area contributed by atoms with Gasteiger partial charge in [0.15, 0.2) is 0 Å². The molecule has 0 radical (unpaired) electrons. The van der Waals surface area contributed by atoms with Gasteiger partial charge in [0.2, 0.25) is 0 Å². The molecule has 0 amide bonds. The van der Waals surface area contributed by atoms with Gasteiger partial charge in [0.05, 0.1) is 0 Å². The number of fused-ring (bicyclic) bond motifs is 2. The van der Waals surface area contributed by atoms with E-state index in [0.29, 0.717) is 11.4 Å². The predicted octanol–water partition coefficient (Wildman–Crippen LogP) is 9.44. The van der Waals surface area contributed by atoms with E-state index >= 15 is 0 Å². The Balaban J connectivity index is 0.000000188. The van der Waals surface area contributed by atoms with Crippen LogP contribution < -0.4 is 0 Å². The van der Waals surface area contributed by atoms with E-state index in [2.05, 4.69) is 116 Å². The Bertz CT molecular complexity index is 1880. The van der Waals surface area contributed by atoms with E-state index in [9.17, 15) is 10.2 Å². The standard InChI is InChI=1S/2C20H25N3O/c2*1-19(2,3)13-11-14(20(4,5)6)18(24)17(12-13)23-21-15-9-7-8-10-16(15)22-23/h2*7-12,24H,1-6H3. The summed E-state index contributed by atoms with van der Waals surface area (Å²) >= 11 is 0. The van der Waals surface area contributed by atoms with Crippen molar-refractivity contribution in [3.63, 3.8) is 0 Å². The molecule has 0 bridgehead atoms. The van der Waals surface area contributed by atoms with E-state index in [1.165, 1.54) is 0 Å². The van der Waals surface area contributed by atoms with Crippen LogP contribution in [0, 0.1) is 0 Å². The summed E-state index contributed by atoms with van der Waals surface area (Å²) < 4.78 is 0. The molecule has 0 unspecified atom stereocenters. The Morgan fingerprint density at radius 2 is 0.688 bits per heavy atom. The average Bonchev–Trinajstić information content (AvgIpc) is 3.60. The number of phenols is 2. The molecule has 0 aliphatic heterocycles. The summed E-state index contributed by atoms with van der Waals surface area (Å²) in [5.74, 6) is 0.492. The maximum absolute atomic E-state index is 10.9. The SMILES string of the molecule is CC(C)(C)c1cc(-n2nc3ccccc3n2)c(O)c(C(C)(C)C)c1.CC(C)(C)c1cc(-n2nc3ccccc3n2)c(O)c(C(C)(C)C)c1. The fraction of sp³-hybridized carbons (Fsp3) is 0.400.